The average Bonchev–Trinajstić information content (AvgIpc) is 2.28. The molecule has 1 saturated heterocycles. The molecule has 100 valence electrons. The monoisotopic (exact) mass is 249 g/mol. The maximum atomic E-state index is 12.7. The lowest BCUT2D eigenvalue weighted by molar-refractivity contribution is -0.164. The maximum Gasteiger partial charge on any atom is 0.403 e. The maximum absolute atomic E-state index is 12.7. The number of halogens is 3. The van der Waals surface area contributed by atoms with E-state index in [9.17, 15) is 13.2 Å². The molecule has 1 aliphatic carbocycles. The number of nitrogens with one attached hydrogen (secondary N) is 1. The van der Waals surface area contributed by atoms with Crippen LogP contribution in [0.15, 0.2) is 0 Å². The lowest BCUT2D eigenvalue weighted by Gasteiger charge is -2.39. The highest BCUT2D eigenvalue weighted by molar-refractivity contribution is 4.90. The van der Waals surface area contributed by atoms with E-state index in [1.165, 1.54) is 12.8 Å². The number of alkyl halides is 3. The van der Waals surface area contributed by atoms with Crippen molar-refractivity contribution in [2.45, 2.75) is 70.1 Å². The van der Waals surface area contributed by atoms with Gasteiger partial charge in [-0.15, -0.1) is 0 Å². The Morgan fingerprint density at radius 1 is 1.00 bits per heavy atom. The molecule has 0 bridgehead atoms. The van der Waals surface area contributed by atoms with E-state index in [-0.39, 0.29) is 12.5 Å². The molecule has 1 saturated carbocycles. The van der Waals surface area contributed by atoms with Crippen LogP contribution in [-0.2, 0) is 0 Å². The Hall–Kier alpha value is -0.250. The molecule has 2 fully saturated rings. The lowest BCUT2D eigenvalue weighted by Crippen LogP contribution is -2.53. The molecule has 0 radical (unpaired) electrons. The summed E-state index contributed by atoms with van der Waals surface area (Å²) in [6.45, 7) is 2.22. The van der Waals surface area contributed by atoms with Gasteiger partial charge in [-0.1, -0.05) is 19.8 Å². The van der Waals surface area contributed by atoms with E-state index in [2.05, 4.69) is 12.2 Å². The van der Waals surface area contributed by atoms with Gasteiger partial charge < -0.3 is 5.32 Å². The van der Waals surface area contributed by atoms with Crippen LogP contribution in [0.3, 0.4) is 0 Å². The fourth-order valence-electron chi connectivity index (χ4n) is 3.44. The molecule has 0 spiro atoms. The van der Waals surface area contributed by atoms with Crippen molar-refractivity contribution in [3.63, 3.8) is 0 Å². The van der Waals surface area contributed by atoms with Crippen LogP contribution in [0.25, 0.3) is 0 Å². The summed E-state index contributed by atoms with van der Waals surface area (Å²) in [7, 11) is 0. The summed E-state index contributed by atoms with van der Waals surface area (Å²) in [5, 5.41) is 2.86. The van der Waals surface area contributed by atoms with Crippen LogP contribution < -0.4 is 5.32 Å². The van der Waals surface area contributed by atoms with Gasteiger partial charge >= 0.3 is 6.18 Å². The van der Waals surface area contributed by atoms with Gasteiger partial charge in [0.05, 0.1) is 0 Å². The Morgan fingerprint density at radius 3 is 2.35 bits per heavy atom. The van der Waals surface area contributed by atoms with E-state index in [0.29, 0.717) is 18.3 Å². The Kier molecular flexibility index (Phi) is 4.01. The summed E-state index contributed by atoms with van der Waals surface area (Å²) in [6.07, 6.45) is 2.44. The standard InChI is InChI=1S/C13H22F3N/c1-9-4-2-5-10(8-9)11-6-3-7-12(17-11)13(14,15)16/h9-12,17H,2-8H2,1H3. The van der Waals surface area contributed by atoms with Crippen molar-refractivity contribution < 1.29 is 13.2 Å². The van der Waals surface area contributed by atoms with Crippen LogP contribution in [0.1, 0.15) is 51.9 Å². The van der Waals surface area contributed by atoms with Gasteiger partial charge in [0.2, 0.25) is 0 Å². The normalized spacial score (nSPS) is 40.2. The first-order chi connectivity index (χ1) is 7.97. The SMILES string of the molecule is CC1CCCC(C2CCCC(C(F)(F)F)N2)C1. The van der Waals surface area contributed by atoms with Gasteiger partial charge in [-0.2, -0.15) is 13.2 Å². The first kappa shape index (κ1) is 13.2. The highest BCUT2D eigenvalue weighted by atomic mass is 19.4. The smallest absolute Gasteiger partial charge is 0.303 e. The molecule has 0 aromatic heterocycles. The van der Waals surface area contributed by atoms with E-state index in [0.717, 1.165) is 19.3 Å². The Bertz CT molecular complexity index is 252. The molecule has 4 unspecified atom stereocenters. The minimum Gasteiger partial charge on any atom is -0.303 e. The zero-order chi connectivity index (χ0) is 12.5. The molecule has 1 nitrogen and oxygen atoms in total. The van der Waals surface area contributed by atoms with Gasteiger partial charge in [-0.05, 0) is 43.9 Å². The van der Waals surface area contributed by atoms with E-state index in [1.807, 2.05) is 0 Å². The van der Waals surface area contributed by atoms with E-state index < -0.39 is 12.2 Å². The van der Waals surface area contributed by atoms with Gasteiger partial charge in [0.15, 0.2) is 0 Å². The lowest BCUT2D eigenvalue weighted by atomic mass is 9.76. The number of hydrogen-bond acceptors (Lipinski definition) is 1. The van der Waals surface area contributed by atoms with Crippen LogP contribution in [0.2, 0.25) is 0 Å². The molecule has 0 aromatic carbocycles. The third-order valence-electron chi connectivity index (χ3n) is 4.36. The van der Waals surface area contributed by atoms with Crippen molar-refractivity contribution in [3.05, 3.63) is 0 Å². The van der Waals surface area contributed by atoms with Crippen molar-refractivity contribution in [2.75, 3.05) is 0 Å². The molecule has 0 amide bonds. The van der Waals surface area contributed by atoms with Crippen molar-refractivity contribution >= 4 is 0 Å². The van der Waals surface area contributed by atoms with Crippen LogP contribution in [0, 0.1) is 11.8 Å². The second-order valence-electron chi connectivity index (χ2n) is 5.83. The molecule has 1 heterocycles. The number of piperidine rings is 1. The third-order valence-corrected chi connectivity index (χ3v) is 4.36. The molecule has 4 atom stereocenters. The quantitative estimate of drug-likeness (QED) is 0.743. The third kappa shape index (κ3) is 3.36. The molecule has 0 aromatic rings. The Labute approximate surface area is 101 Å². The minimum absolute atomic E-state index is 0.0955. The predicted molar refractivity (Wildman–Crippen MR) is 61.7 cm³/mol. The molecule has 17 heavy (non-hydrogen) atoms. The number of rotatable bonds is 1. The van der Waals surface area contributed by atoms with Crippen LogP contribution in [0.5, 0.6) is 0 Å². The predicted octanol–water partition coefficient (Wildman–Crippen LogP) is 3.89. The summed E-state index contributed by atoms with van der Waals surface area (Å²) < 4.78 is 38.1. The van der Waals surface area contributed by atoms with E-state index in [4.69, 9.17) is 0 Å². The molecular weight excluding hydrogens is 227 g/mol. The van der Waals surface area contributed by atoms with Crippen LogP contribution in [-0.4, -0.2) is 18.3 Å². The van der Waals surface area contributed by atoms with Crippen molar-refractivity contribution in [3.8, 4) is 0 Å². The molecule has 2 rings (SSSR count). The van der Waals surface area contributed by atoms with Crippen molar-refractivity contribution in [2.24, 2.45) is 11.8 Å². The molecule has 4 heteroatoms. The molecule has 1 N–H and O–H groups in total. The first-order valence-electron chi connectivity index (χ1n) is 6.79. The highest BCUT2D eigenvalue weighted by Gasteiger charge is 2.43. The highest BCUT2D eigenvalue weighted by Crippen LogP contribution is 2.36. The fraction of sp³-hybridized carbons (Fsp3) is 1.00. The number of hydrogen-bond donors (Lipinski definition) is 1. The van der Waals surface area contributed by atoms with E-state index in [1.54, 1.807) is 0 Å². The summed E-state index contributed by atoms with van der Waals surface area (Å²) in [5.74, 6) is 1.14. The van der Waals surface area contributed by atoms with Gasteiger partial charge in [0.1, 0.15) is 6.04 Å². The van der Waals surface area contributed by atoms with Crippen molar-refractivity contribution in [1.82, 2.24) is 5.32 Å². The van der Waals surface area contributed by atoms with Gasteiger partial charge in [0.25, 0.3) is 0 Å². The second-order valence-corrected chi connectivity index (χ2v) is 5.83. The summed E-state index contributed by atoms with van der Waals surface area (Å²) in [5.41, 5.74) is 0. The van der Waals surface area contributed by atoms with Gasteiger partial charge in [-0.3, -0.25) is 0 Å². The van der Waals surface area contributed by atoms with E-state index >= 15 is 0 Å². The molecule has 1 aliphatic heterocycles. The minimum atomic E-state index is -4.07. The zero-order valence-electron chi connectivity index (χ0n) is 10.4. The zero-order valence-corrected chi connectivity index (χ0v) is 10.4. The van der Waals surface area contributed by atoms with Crippen LogP contribution >= 0.6 is 0 Å². The summed E-state index contributed by atoms with van der Waals surface area (Å²) in [6, 6.07) is -1.17. The summed E-state index contributed by atoms with van der Waals surface area (Å²) >= 11 is 0. The Balaban J connectivity index is 1.92. The van der Waals surface area contributed by atoms with Crippen LogP contribution in [0.4, 0.5) is 13.2 Å². The Morgan fingerprint density at radius 2 is 1.71 bits per heavy atom. The molecule has 2 aliphatic rings. The molecular formula is C13H22F3N. The topological polar surface area (TPSA) is 12.0 Å². The van der Waals surface area contributed by atoms with Gasteiger partial charge in [-0.25, -0.2) is 0 Å². The first-order valence-corrected chi connectivity index (χ1v) is 6.79. The van der Waals surface area contributed by atoms with Gasteiger partial charge in [0, 0.05) is 6.04 Å². The largest absolute Gasteiger partial charge is 0.403 e. The average molecular weight is 249 g/mol. The van der Waals surface area contributed by atoms with Crippen molar-refractivity contribution in [1.29, 1.82) is 0 Å². The summed E-state index contributed by atoms with van der Waals surface area (Å²) in [4.78, 5) is 0. The second kappa shape index (κ2) is 5.17. The fourth-order valence-corrected chi connectivity index (χ4v) is 3.44.